The van der Waals surface area contributed by atoms with Crippen molar-refractivity contribution in [3.8, 4) is 0 Å². The minimum atomic E-state index is -0.0685. The number of anilines is 1. The van der Waals surface area contributed by atoms with E-state index in [-0.39, 0.29) is 11.9 Å². The number of carbonyl (C=O) groups is 1. The molecule has 3 nitrogen and oxygen atoms in total. The molecule has 4 heteroatoms. The smallest absolute Gasteiger partial charge is 0.241 e. The summed E-state index contributed by atoms with van der Waals surface area (Å²) in [6.07, 6.45) is 3.67. The molecule has 1 aliphatic heterocycles. The van der Waals surface area contributed by atoms with Gasteiger partial charge >= 0.3 is 0 Å². The van der Waals surface area contributed by atoms with Gasteiger partial charge in [-0.2, -0.15) is 0 Å². The topological polar surface area (TPSA) is 32.3 Å². The van der Waals surface area contributed by atoms with Crippen LogP contribution in [0.15, 0.2) is 24.3 Å². The van der Waals surface area contributed by atoms with Crippen molar-refractivity contribution in [3.05, 3.63) is 29.3 Å². The average Bonchev–Trinajstić information content (AvgIpc) is 2.41. The minimum Gasteiger partial charge on any atom is -0.325 e. The molecule has 1 heterocycles. The molecule has 0 spiro atoms. The average molecular weight is 267 g/mol. The highest BCUT2D eigenvalue weighted by atomic mass is 35.5. The number of likely N-dealkylation sites (tertiary alicyclic amines) is 1. The van der Waals surface area contributed by atoms with E-state index in [2.05, 4.69) is 10.2 Å². The molecule has 1 fully saturated rings. The number of nitrogens with one attached hydrogen (secondary N) is 1. The van der Waals surface area contributed by atoms with Gasteiger partial charge in [0.05, 0.1) is 6.04 Å². The zero-order valence-corrected chi connectivity index (χ0v) is 11.4. The van der Waals surface area contributed by atoms with Gasteiger partial charge in [0.15, 0.2) is 0 Å². The van der Waals surface area contributed by atoms with E-state index < -0.39 is 0 Å². The van der Waals surface area contributed by atoms with E-state index in [4.69, 9.17) is 11.6 Å². The van der Waals surface area contributed by atoms with Crippen molar-refractivity contribution in [2.24, 2.45) is 0 Å². The second-order valence-electron chi connectivity index (χ2n) is 4.77. The third-order valence-electron chi connectivity index (χ3n) is 3.43. The Morgan fingerprint density at radius 3 is 2.44 bits per heavy atom. The highest BCUT2D eigenvalue weighted by molar-refractivity contribution is 6.30. The van der Waals surface area contributed by atoms with Crippen LogP contribution in [-0.4, -0.2) is 29.9 Å². The summed E-state index contributed by atoms with van der Waals surface area (Å²) in [7, 11) is 0. The lowest BCUT2D eigenvalue weighted by atomic mass is 10.1. The van der Waals surface area contributed by atoms with Gasteiger partial charge in [0.1, 0.15) is 0 Å². The van der Waals surface area contributed by atoms with E-state index in [1.807, 2.05) is 19.1 Å². The summed E-state index contributed by atoms with van der Waals surface area (Å²) in [5.41, 5.74) is 0.799. The van der Waals surface area contributed by atoms with Crippen LogP contribution in [0, 0.1) is 0 Å². The normalized spacial score (nSPS) is 18.3. The van der Waals surface area contributed by atoms with E-state index in [0.717, 1.165) is 18.8 Å². The number of hydrogen-bond acceptors (Lipinski definition) is 2. The molecule has 0 aliphatic carbocycles. The highest BCUT2D eigenvalue weighted by Gasteiger charge is 2.22. The number of nitrogens with zero attached hydrogens (tertiary/aromatic N) is 1. The van der Waals surface area contributed by atoms with Gasteiger partial charge in [0.2, 0.25) is 5.91 Å². The lowest BCUT2D eigenvalue weighted by Crippen LogP contribution is -2.44. The standard InChI is InChI=1S/C14H19ClN2O/c1-11(17-9-3-2-4-10-17)14(18)16-13-7-5-12(15)6-8-13/h5-8,11H,2-4,9-10H2,1H3,(H,16,18). The third-order valence-corrected chi connectivity index (χ3v) is 3.68. The van der Waals surface area contributed by atoms with Crippen LogP contribution >= 0.6 is 11.6 Å². The molecule has 18 heavy (non-hydrogen) atoms. The number of piperidine rings is 1. The number of carbonyl (C=O) groups excluding carboxylic acids is 1. The number of benzene rings is 1. The minimum absolute atomic E-state index is 0.0548. The quantitative estimate of drug-likeness (QED) is 0.912. The van der Waals surface area contributed by atoms with E-state index >= 15 is 0 Å². The first-order valence-electron chi connectivity index (χ1n) is 6.47. The van der Waals surface area contributed by atoms with Crippen LogP contribution in [-0.2, 0) is 4.79 Å². The van der Waals surface area contributed by atoms with Crippen molar-refractivity contribution >= 4 is 23.2 Å². The van der Waals surface area contributed by atoms with Gasteiger partial charge in [-0.15, -0.1) is 0 Å². The molecule has 0 bridgehead atoms. The summed E-state index contributed by atoms with van der Waals surface area (Å²) < 4.78 is 0. The van der Waals surface area contributed by atoms with Crippen LogP contribution in [0.5, 0.6) is 0 Å². The summed E-state index contributed by atoms with van der Waals surface area (Å²) in [6, 6.07) is 7.14. The Balaban J connectivity index is 1.92. The number of rotatable bonds is 3. The Labute approximate surface area is 113 Å². The fourth-order valence-corrected chi connectivity index (χ4v) is 2.38. The lowest BCUT2D eigenvalue weighted by Gasteiger charge is -2.31. The van der Waals surface area contributed by atoms with Gasteiger partial charge in [-0.05, 0) is 57.1 Å². The van der Waals surface area contributed by atoms with Gasteiger partial charge < -0.3 is 5.32 Å². The zero-order valence-electron chi connectivity index (χ0n) is 10.7. The molecule has 1 N–H and O–H groups in total. The van der Waals surface area contributed by atoms with Gasteiger partial charge in [0.25, 0.3) is 0 Å². The van der Waals surface area contributed by atoms with Crippen LogP contribution in [0.25, 0.3) is 0 Å². The van der Waals surface area contributed by atoms with Crippen molar-refractivity contribution < 1.29 is 4.79 Å². The van der Waals surface area contributed by atoms with Crippen LogP contribution in [0.4, 0.5) is 5.69 Å². The first-order valence-corrected chi connectivity index (χ1v) is 6.85. The Morgan fingerprint density at radius 2 is 1.83 bits per heavy atom. The summed E-state index contributed by atoms with van der Waals surface area (Å²) >= 11 is 5.81. The maximum Gasteiger partial charge on any atom is 0.241 e. The van der Waals surface area contributed by atoms with Crippen molar-refractivity contribution in [1.29, 1.82) is 0 Å². The maximum absolute atomic E-state index is 12.1. The molecular formula is C14H19ClN2O. The molecule has 0 aromatic heterocycles. The van der Waals surface area contributed by atoms with Gasteiger partial charge in [-0.25, -0.2) is 0 Å². The number of halogens is 1. The summed E-state index contributed by atoms with van der Waals surface area (Å²) in [5.74, 6) is 0.0548. The lowest BCUT2D eigenvalue weighted by molar-refractivity contribution is -0.121. The largest absolute Gasteiger partial charge is 0.325 e. The monoisotopic (exact) mass is 266 g/mol. The van der Waals surface area contributed by atoms with Crippen molar-refractivity contribution in [2.45, 2.75) is 32.2 Å². The maximum atomic E-state index is 12.1. The van der Waals surface area contributed by atoms with Crippen LogP contribution < -0.4 is 5.32 Å². The Bertz CT molecular complexity index is 399. The second-order valence-corrected chi connectivity index (χ2v) is 5.21. The Kier molecular flexibility index (Phi) is 4.61. The molecule has 1 amide bonds. The van der Waals surface area contributed by atoms with E-state index in [0.29, 0.717) is 5.02 Å². The van der Waals surface area contributed by atoms with E-state index in [1.54, 1.807) is 12.1 Å². The van der Waals surface area contributed by atoms with Crippen molar-refractivity contribution in [1.82, 2.24) is 4.90 Å². The highest BCUT2D eigenvalue weighted by Crippen LogP contribution is 2.16. The molecule has 1 saturated heterocycles. The number of hydrogen-bond donors (Lipinski definition) is 1. The van der Waals surface area contributed by atoms with Gasteiger partial charge in [0, 0.05) is 10.7 Å². The Hall–Kier alpha value is -1.06. The van der Waals surface area contributed by atoms with Crippen molar-refractivity contribution in [2.75, 3.05) is 18.4 Å². The fraction of sp³-hybridized carbons (Fsp3) is 0.500. The van der Waals surface area contributed by atoms with Crippen LogP contribution in [0.3, 0.4) is 0 Å². The number of amides is 1. The molecule has 1 unspecified atom stereocenters. The Morgan fingerprint density at radius 1 is 1.22 bits per heavy atom. The SMILES string of the molecule is CC(C(=O)Nc1ccc(Cl)cc1)N1CCCCC1. The third kappa shape index (κ3) is 3.47. The van der Waals surface area contributed by atoms with Crippen molar-refractivity contribution in [3.63, 3.8) is 0 Å². The molecule has 98 valence electrons. The predicted octanol–water partition coefficient (Wildman–Crippen LogP) is 3.15. The predicted molar refractivity (Wildman–Crippen MR) is 75.0 cm³/mol. The van der Waals surface area contributed by atoms with Gasteiger partial charge in [-0.3, -0.25) is 9.69 Å². The van der Waals surface area contributed by atoms with E-state index in [9.17, 15) is 4.79 Å². The molecule has 1 aromatic rings. The van der Waals surface area contributed by atoms with Crippen LogP contribution in [0.2, 0.25) is 5.02 Å². The van der Waals surface area contributed by atoms with Crippen LogP contribution in [0.1, 0.15) is 26.2 Å². The molecular weight excluding hydrogens is 248 g/mol. The fourth-order valence-electron chi connectivity index (χ4n) is 2.25. The molecule has 1 aliphatic rings. The van der Waals surface area contributed by atoms with Gasteiger partial charge in [-0.1, -0.05) is 18.0 Å². The molecule has 0 radical (unpaired) electrons. The first kappa shape index (κ1) is 13.4. The van der Waals surface area contributed by atoms with E-state index in [1.165, 1.54) is 19.3 Å². The summed E-state index contributed by atoms with van der Waals surface area (Å²) in [6.45, 7) is 4.01. The molecule has 2 rings (SSSR count). The molecule has 1 aromatic carbocycles. The first-order chi connectivity index (χ1) is 8.66. The molecule has 0 saturated carbocycles. The summed E-state index contributed by atoms with van der Waals surface area (Å²) in [4.78, 5) is 14.4. The molecule has 1 atom stereocenters. The second kappa shape index (κ2) is 6.21. The summed E-state index contributed by atoms with van der Waals surface area (Å²) in [5, 5.41) is 3.60. The zero-order chi connectivity index (χ0) is 13.0.